The Kier molecular flexibility index (Phi) is 39.2. The summed E-state index contributed by atoms with van der Waals surface area (Å²) in [7, 11) is 0. The Morgan fingerprint density at radius 3 is 0.669 bits per heavy atom. The van der Waals surface area contributed by atoms with E-state index in [1.54, 1.807) is 0 Å². The van der Waals surface area contributed by atoms with Gasteiger partial charge in [-0.05, 0) is 24.4 Å². The van der Waals surface area contributed by atoms with Gasteiger partial charge in [0.25, 0.3) is 0 Å². The summed E-state index contributed by atoms with van der Waals surface area (Å²) in [5.74, 6) is -6.58. The van der Waals surface area contributed by atoms with E-state index in [1.165, 1.54) is 12.2 Å². The number of carbonyl (C=O) groups is 8. The van der Waals surface area contributed by atoms with Gasteiger partial charge >= 0.3 is 0 Å². The molecule has 0 aliphatic carbocycles. The number of amides is 8. The van der Waals surface area contributed by atoms with Gasteiger partial charge in [-0.3, -0.25) is 38.4 Å². The van der Waals surface area contributed by atoms with Crippen molar-refractivity contribution in [2.75, 3.05) is 65.9 Å². The monoisotopic (exact) mass is 1830 g/mol. The van der Waals surface area contributed by atoms with E-state index in [0.29, 0.717) is 0 Å². The number of thiocarbonyl (C=S) groups is 2. The Bertz CT molecular complexity index is 3350. The van der Waals surface area contributed by atoms with Crippen LogP contribution in [0, 0.1) is 0 Å². The van der Waals surface area contributed by atoms with E-state index >= 15 is 0 Å². The standard InChI is InChI=1S/C70H116N12O40S2/c1-21(89)73-37-51(103)45(97)29(13-83)113-63(37)109-19-35-57(119-65-39(75-23(3)91)53(105)47(99)31(15-85)115-65)59(121-67-41(77-25(5)93)55(107)49(101)33(17-87)117-67)43(79-27(7)95)61(111-35)81-69(123)71-11-9-10-12-72-70(124)82-62-44(80-28(8)96)60(122-68-42(78-26(6)94)56(108)50(102)34(18-88)118-68)58(120-66-40(76-24(4)92)54(106)48(100)32(16-86)116-66)36(112-62)20-110-64-38(74-22(2)90)52(104)46(98)30(14-84)114-64/h9-10,29-68,83-88,97-108H,11-20H2,1-8H3,(H,73,89)(H,74,90)(H,75,91)(H,76,92)(H,77,93)(H,78,94)(H,79,95)(H,80,96)(H2,71,81,123)(H2,72,82,124)/b10-9+/t29-,30-,31-,32-,33-,34-,35-,36-,37-,38-,39-,40-,41-,42-,43-,44-,45-,46-,47-,48-,49-,50-,51-,52-,53-,54-,55-,56-,57-,58-,59-,60-,61-,62-,63-,64-,65+,66+,67+,68+/m1/s1. The van der Waals surface area contributed by atoms with Crippen molar-refractivity contribution in [3.63, 3.8) is 0 Å². The van der Waals surface area contributed by atoms with Crippen molar-refractivity contribution in [1.29, 1.82) is 0 Å². The quantitative estimate of drug-likeness (QED) is 0.0210. The maximum absolute atomic E-state index is 13.6. The number of rotatable bonds is 34. The maximum atomic E-state index is 13.6. The number of ether oxygens (including phenoxy) is 14. The zero-order valence-corrected chi connectivity index (χ0v) is 69.8. The second kappa shape index (κ2) is 47.2. The van der Waals surface area contributed by atoms with Crippen LogP contribution in [0.4, 0.5) is 0 Å². The van der Waals surface area contributed by atoms with Gasteiger partial charge < -0.3 is 222 Å². The summed E-state index contributed by atoms with van der Waals surface area (Å²) in [5.41, 5.74) is 0. The van der Waals surface area contributed by atoms with Gasteiger partial charge in [0.2, 0.25) is 47.3 Å². The third kappa shape index (κ3) is 26.2. The van der Waals surface area contributed by atoms with E-state index < -0.39 is 345 Å². The molecular formula is C70H116N12O40S2. The molecular weight excluding hydrogens is 1710 g/mol. The van der Waals surface area contributed by atoms with Crippen LogP contribution in [0.5, 0.6) is 0 Å². The molecule has 40 atom stereocenters. The fourth-order valence-corrected chi connectivity index (χ4v) is 15.6. The smallest absolute Gasteiger partial charge is 0.217 e. The highest BCUT2D eigenvalue weighted by molar-refractivity contribution is 7.80. The Balaban J connectivity index is 1.12. The number of aliphatic hydroxyl groups is 18. The van der Waals surface area contributed by atoms with E-state index in [9.17, 15) is 130 Å². The van der Waals surface area contributed by atoms with Gasteiger partial charge in [0, 0.05) is 68.5 Å². The first-order chi connectivity index (χ1) is 58.6. The molecule has 8 saturated heterocycles. The van der Waals surface area contributed by atoms with Crippen molar-refractivity contribution in [2.24, 2.45) is 0 Å². The average molecular weight is 1830 g/mol. The fourth-order valence-electron chi connectivity index (χ4n) is 15.2. The Morgan fingerprint density at radius 1 is 0.266 bits per heavy atom. The Labute approximate surface area is 718 Å². The van der Waals surface area contributed by atoms with Crippen LogP contribution >= 0.6 is 24.4 Å². The molecule has 8 aliphatic heterocycles. The molecule has 0 bridgehead atoms. The molecule has 0 radical (unpaired) electrons. The molecule has 54 heteroatoms. The first kappa shape index (κ1) is 103. The summed E-state index contributed by atoms with van der Waals surface area (Å²) in [5, 5.41) is 228. The number of hydrogen-bond acceptors (Lipinski definition) is 42. The van der Waals surface area contributed by atoms with Crippen LogP contribution in [0.25, 0.3) is 0 Å². The van der Waals surface area contributed by atoms with Crippen LogP contribution in [0.1, 0.15) is 55.4 Å². The number of carbonyl (C=O) groups excluding carboxylic acids is 8. The third-order valence-corrected chi connectivity index (χ3v) is 21.6. The minimum atomic E-state index is -2.00. The Hall–Kier alpha value is -6.40. The SMILES string of the molecule is CC(=O)N[C@@H]1[C@@H](O[C@@H]2O[C@H](CO)[C@@H](O)[C@H](O)[C@H]2NC(C)=O)[C@H](O[C@@H]2O[C@H](CO)[C@@H](O)[C@H](O)[C@H]2NC(C)=O)[C@@H](CO[C@@H]2O[C@H](CO)[C@@H](O)[C@H](O)[C@H]2NC(C)=O)O[C@H]1NC(=S)NC/C=C/CNC(=S)N[C@@H]1O[C@H](CO[C@@H]2O[C@H](CO)[C@@H](O)[C@H](O)[C@H]2NC(C)=O)[C@@H](O[C@@H]2O[C@H](CO)[C@@H](O)[C@H](O)[C@H]2NC(C)=O)[C@H](O[C@@H]2O[C@H](CO)[C@@H](O)[C@H](O)[C@H]2NC(C)=O)[C@H]1NC(C)=O. The molecule has 52 nitrogen and oxygen atoms in total. The second-order valence-corrected chi connectivity index (χ2v) is 31.3. The molecule has 8 fully saturated rings. The van der Waals surface area contributed by atoms with Crippen LogP contribution in [-0.2, 0) is 105 Å². The van der Waals surface area contributed by atoms with Crippen molar-refractivity contribution in [3.8, 4) is 0 Å². The molecule has 0 aromatic carbocycles. The first-order valence-corrected chi connectivity index (χ1v) is 40.2. The predicted molar refractivity (Wildman–Crippen MR) is 413 cm³/mol. The summed E-state index contributed by atoms with van der Waals surface area (Å²) in [4.78, 5) is 104. The summed E-state index contributed by atoms with van der Waals surface area (Å²) in [6, 6.07) is -13.7. The van der Waals surface area contributed by atoms with Crippen LogP contribution < -0.4 is 63.8 Å². The zero-order valence-electron chi connectivity index (χ0n) is 68.2. The normalized spacial score (nSPS) is 41.2. The third-order valence-electron chi connectivity index (χ3n) is 21.1. The minimum absolute atomic E-state index is 0.219. The molecule has 8 rings (SSSR count). The summed E-state index contributed by atoms with van der Waals surface area (Å²) >= 11 is 11.6. The highest BCUT2D eigenvalue weighted by Crippen LogP contribution is 2.38. The van der Waals surface area contributed by atoms with Crippen molar-refractivity contribution in [1.82, 2.24) is 63.8 Å². The Morgan fingerprint density at radius 2 is 0.460 bits per heavy atom. The lowest BCUT2D eigenvalue weighted by Gasteiger charge is -2.52. The minimum Gasteiger partial charge on any atom is -0.394 e. The van der Waals surface area contributed by atoms with Crippen LogP contribution in [-0.4, -0.2) is 460 Å². The van der Waals surface area contributed by atoms with Crippen LogP contribution in [0.15, 0.2) is 12.2 Å². The highest BCUT2D eigenvalue weighted by Gasteiger charge is 2.60. The molecule has 8 aliphatic rings. The van der Waals surface area contributed by atoms with Gasteiger partial charge in [-0.2, -0.15) is 0 Å². The lowest BCUT2D eigenvalue weighted by Crippen LogP contribution is -2.73. The number of hydrogen-bond donors (Lipinski definition) is 30. The van der Waals surface area contributed by atoms with Gasteiger partial charge in [-0.15, -0.1) is 0 Å². The van der Waals surface area contributed by atoms with Crippen LogP contribution in [0.3, 0.4) is 0 Å². The lowest BCUT2D eigenvalue weighted by atomic mass is 9.92. The van der Waals surface area contributed by atoms with E-state index in [0.717, 1.165) is 55.4 Å². The molecule has 30 N–H and O–H groups in total. The molecule has 8 amide bonds. The molecule has 124 heavy (non-hydrogen) atoms. The number of aliphatic hydroxyl groups excluding tert-OH is 18. The van der Waals surface area contributed by atoms with Crippen molar-refractivity contribution in [2.45, 2.75) is 300 Å². The molecule has 0 unspecified atom stereocenters. The molecule has 0 saturated carbocycles. The average Bonchev–Trinajstić information content (AvgIpc) is 0.760. The van der Waals surface area contributed by atoms with Gasteiger partial charge in [-0.25, -0.2) is 0 Å². The lowest BCUT2D eigenvalue weighted by molar-refractivity contribution is -0.348. The summed E-state index contributed by atoms with van der Waals surface area (Å²) in [6.45, 7) is 0.303. The van der Waals surface area contributed by atoms with Gasteiger partial charge in [-0.1, -0.05) is 12.2 Å². The molecule has 0 aromatic rings. The molecule has 0 aromatic heterocycles. The van der Waals surface area contributed by atoms with Crippen molar-refractivity contribution in [3.05, 3.63) is 12.2 Å². The second-order valence-electron chi connectivity index (χ2n) is 30.5. The van der Waals surface area contributed by atoms with Gasteiger partial charge in [0.15, 0.2) is 60.4 Å². The van der Waals surface area contributed by atoms with Crippen molar-refractivity contribution >= 4 is 81.9 Å². The van der Waals surface area contributed by atoms with Crippen LogP contribution in [0.2, 0.25) is 0 Å². The topological polar surface area (TPSA) is 774 Å². The van der Waals surface area contributed by atoms with E-state index in [4.69, 9.17) is 90.8 Å². The summed E-state index contributed by atoms with van der Waals surface area (Å²) in [6.07, 6.45) is -56.3. The van der Waals surface area contributed by atoms with E-state index in [-0.39, 0.29) is 23.3 Å². The van der Waals surface area contributed by atoms with Gasteiger partial charge in [0.05, 0.1) is 52.9 Å². The predicted octanol–water partition coefficient (Wildman–Crippen LogP) is -17.8. The van der Waals surface area contributed by atoms with E-state index in [2.05, 4.69) is 63.8 Å². The fraction of sp³-hybridized carbons (Fsp3) is 0.829. The highest BCUT2D eigenvalue weighted by atomic mass is 32.1. The molecule has 708 valence electrons. The molecule has 0 spiro atoms. The maximum Gasteiger partial charge on any atom is 0.217 e. The summed E-state index contributed by atoms with van der Waals surface area (Å²) < 4.78 is 88.0. The number of nitrogens with one attached hydrogen (secondary N) is 12. The first-order valence-electron chi connectivity index (χ1n) is 39.4. The molecule has 8 heterocycles. The van der Waals surface area contributed by atoms with E-state index in [1.807, 2.05) is 0 Å². The van der Waals surface area contributed by atoms with Gasteiger partial charge in [0.1, 0.15) is 195 Å². The zero-order chi connectivity index (χ0) is 91.7. The largest absolute Gasteiger partial charge is 0.394 e. The van der Waals surface area contributed by atoms with Crippen molar-refractivity contribution < 1.29 is 197 Å².